The third-order valence-corrected chi connectivity index (χ3v) is 6.81. The Bertz CT molecular complexity index is 1260. The van der Waals surface area contributed by atoms with E-state index in [0.29, 0.717) is 11.1 Å². The van der Waals surface area contributed by atoms with Crippen LogP contribution in [-0.4, -0.2) is 22.0 Å². The van der Waals surface area contributed by atoms with Gasteiger partial charge < -0.3 is 14.8 Å². The molecular formula is C28H27BrN2O4S. The first-order valence-corrected chi connectivity index (χ1v) is 13.1. The van der Waals surface area contributed by atoms with E-state index >= 15 is 0 Å². The van der Waals surface area contributed by atoms with Gasteiger partial charge in [-0.1, -0.05) is 88.7 Å². The van der Waals surface area contributed by atoms with Crippen molar-refractivity contribution in [2.24, 2.45) is 4.99 Å². The number of aliphatic imine (C=N–C) groups is 1. The Balaban J connectivity index is 1.80. The predicted molar refractivity (Wildman–Crippen MR) is 146 cm³/mol. The van der Waals surface area contributed by atoms with Gasteiger partial charge in [0, 0.05) is 16.2 Å². The van der Waals surface area contributed by atoms with E-state index in [2.05, 4.69) is 21.2 Å². The number of carbonyl (C=O) groups is 2. The summed E-state index contributed by atoms with van der Waals surface area (Å²) in [6.07, 6.45) is -0.644. The number of hydrogen-bond donors (Lipinski definition) is 1. The third-order valence-electron chi connectivity index (χ3n) is 5.44. The normalized spacial score (nSPS) is 18.3. The van der Waals surface area contributed by atoms with Crippen molar-refractivity contribution in [3.63, 3.8) is 0 Å². The van der Waals surface area contributed by atoms with Crippen LogP contribution in [0.25, 0.3) is 0 Å². The lowest BCUT2D eigenvalue weighted by molar-refractivity contribution is -0.116. The van der Waals surface area contributed by atoms with E-state index in [0.717, 1.165) is 21.8 Å². The van der Waals surface area contributed by atoms with Gasteiger partial charge in [-0.05, 0) is 49.6 Å². The Kier molecular flexibility index (Phi) is 7.85. The molecule has 2 atom stereocenters. The van der Waals surface area contributed by atoms with E-state index in [9.17, 15) is 9.59 Å². The number of nitrogens with one attached hydrogen (secondary N) is 1. The zero-order valence-corrected chi connectivity index (χ0v) is 22.6. The van der Waals surface area contributed by atoms with Crippen LogP contribution < -0.4 is 5.32 Å². The molecule has 0 radical (unpaired) electrons. The summed E-state index contributed by atoms with van der Waals surface area (Å²) in [5.74, 6) is 0. The van der Waals surface area contributed by atoms with Gasteiger partial charge >= 0.3 is 6.09 Å². The highest BCUT2D eigenvalue weighted by Crippen LogP contribution is 2.48. The number of alkyl carbamates (subject to hydrolysis) is 1. The van der Waals surface area contributed by atoms with Gasteiger partial charge in [-0.15, -0.1) is 0 Å². The number of carbonyl (C=O) groups excluding carboxylic acids is 2. The van der Waals surface area contributed by atoms with Crippen LogP contribution in [0.2, 0.25) is 0 Å². The van der Waals surface area contributed by atoms with Gasteiger partial charge in [0.1, 0.15) is 12.2 Å². The number of amides is 1. The number of nitrogens with zero attached hydrogens (tertiary/aromatic N) is 1. The number of hydrogen-bond acceptors (Lipinski definition) is 6. The Morgan fingerprint density at radius 2 is 1.69 bits per heavy atom. The quantitative estimate of drug-likeness (QED) is 0.356. The standard InChI is InChI=1S/C28H27BrN2O4S/c1-27(2,3)35-25(33)30-23(20-13-10-16-22(29)17-20)28(21-14-8-5-9-15-21)24(32)36-26(31-28)34-18-19-11-6-4-7-12-19/h4-17,23H,18H2,1-3H3,(H,30,33)/t23-,28-/m0/s1. The van der Waals surface area contributed by atoms with E-state index < -0.39 is 23.3 Å². The van der Waals surface area contributed by atoms with Crippen LogP contribution in [0.15, 0.2) is 94.4 Å². The molecule has 1 aliphatic heterocycles. The molecule has 6 nitrogen and oxygen atoms in total. The maximum absolute atomic E-state index is 13.8. The summed E-state index contributed by atoms with van der Waals surface area (Å²) in [5.41, 5.74) is 0.118. The fourth-order valence-corrected chi connectivity index (χ4v) is 5.23. The lowest BCUT2D eigenvalue weighted by atomic mass is 9.80. The molecule has 0 aromatic heterocycles. The smallest absolute Gasteiger partial charge is 0.408 e. The molecule has 0 saturated heterocycles. The van der Waals surface area contributed by atoms with E-state index in [1.54, 1.807) is 20.8 Å². The van der Waals surface area contributed by atoms with E-state index in [-0.39, 0.29) is 17.0 Å². The lowest BCUT2D eigenvalue weighted by Gasteiger charge is -2.34. The Hall–Kier alpha value is -3.10. The highest BCUT2D eigenvalue weighted by molar-refractivity contribution is 9.10. The van der Waals surface area contributed by atoms with Crippen molar-refractivity contribution in [2.75, 3.05) is 0 Å². The first kappa shape index (κ1) is 26.0. The molecule has 0 unspecified atom stereocenters. The third kappa shape index (κ3) is 5.99. The maximum atomic E-state index is 13.8. The second kappa shape index (κ2) is 10.9. The molecule has 8 heteroatoms. The Morgan fingerprint density at radius 3 is 2.33 bits per heavy atom. The Morgan fingerprint density at radius 1 is 1.03 bits per heavy atom. The average molecular weight is 568 g/mol. The van der Waals surface area contributed by atoms with Crippen molar-refractivity contribution in [1.82, 2.24) is 5.32 Å². The SMILES string of the molecule is CC(C)(C)OC(=O)N[C@@H](c1cccc(Br)c1)[C@]1(c2ccccc2)N=C(OCc2ccccc2)SC1=O. The molecule has 1 N–H and O–H groups in total. The number of halogens is 1. The molecule has 0 saturated carbocycles. The van der Waals surface area contributed by atoms with Gasteiger partial charge in [0.25, 0.3) is 5.23 Å². The maximum Gasteiger partial charge on any atom is 0.408 e. The van der Waals surface area contributed by atoms with E-state index in [1.807, 2.05) is 84.9 Å². The van der Waals surface area contributed by atoms with Crippen molar-refractivity contribution in [3.8, 4) is 0 Å². The summed E-state index contributed by atoms with van der Waals surface area (Å²) in [6.45, 7) is 5.64. The second-order valence-corrected chi connectivity index (χ2v) is 11.1. The number of benzene rings is 3. The zero-order valence-electron chi connectivity index (χ0n) is 20.2. The highest BCUT2D eigenvalue weighted by Gasteiger charge is 2.54. The molecule has 4 rings (SSSR count). The minimum atomic E-state index is -1.46. The number of rotatable bonds is 6. The van der Waals surface area contributed by atoms with Crippen molar-refractivity contribution in [2.45, 2.75) is 44.6 Å². The van der Waals surface area contributed by atoms with Crippen molar-refractivity contribution in [3.05, 3.63) is 106 Å². The first-order chi connectivity index (χ1) is 17.2. The van der Waals surface area contributed by atoms with Crippen LogP contribution in [-0.2, 0) is 26.4 Å². The van der Waals surface area contributed by atoms with Crippen LogP contribution >= 0.6 is 27.7 Å². The van der Waals surface area contributed by atoms with Crippen molar-refractivity contribution >= 4 is 44.1 Å². The van der Waals surface area contributed by atoms with Gasteiger partial charge in [-0.3, -0.25) is 4.79 Å². The van der Waals surface area contributed by atoms with Crippen LogP contribution in [0, 0.1) is 0 Å². The minimum absolute atomic E-state index is 0.249. The summed E-state index contributed by atoms with van der Waals surface area (Å²) >= 11 is 4.45. The fourth-order valence-electron chi connectivity index (χ4n) is 3.91. The molecular weight excluding hydrogens is 540 g/mol. The molecule has 1 amide bonds. The average Bonchev–Trinajstić information content (AvgIpc) is 3.18. The van der Waals surface area contributed by atoms with Gasteiger partial charge in [-0.25, -0.2) is 9.79 Å². The molecule has 0 bridgehead atoms. The molecule has 0 spiro atoms. The monoisotopic (exact) mass is 566 g/mol. The Labute approximate surface area is 223 Å². The van der Waals surface area contributed by atoms with Gasteiger partial charge in [0.2, 0.25) is 5.12 Å². The zero-order chi connectivity index (χ0) is 25.8. The molecule has 0 aliphatic carbocycles. The number of ether oxygens (including phenoxy) is 2. The molecule has 36 heavy (non-hydrogen) atoms. The van der Waals surface area contributed by atoms with Crippen LogP contribution in [0.4, 0.5) is 4.79 Å². The van der Waals surface area contributed by atoms with Crippen LogP contribution in [0.1, 0.15) is 43.5 Å². The summed E-state index contributed by atoms with van der Waals surface area (Å²) in [5, 5.41) is 2.94. The first-order valence-electron chi connectivity index (χ1n) is 11.5. The molecule has 1 aliphatic rings. The number of thioether (sulfide) groups is 1. The van der Waals surface area contributed by atoms with E-state index in [1.165, 1.54) is 0 Å². The van der Waals surface area contributed by atoms with Gasteiger partial charge in [0.15, 0.2) is 5.54 Å². The molecule has 3 aromatic carbocycles. The minimum Gasteiger partial charge on any atom is -0.468 e. The lowest BCUT2D eigenvalue weighted by Crippen LogP contribution is -2.47. The summed E-state index contributed by atoms with van der Waals surface area (Å²) in [6, 6.07) is 25.5. The second-order valence-electron chi connectivity index (χ2n) is 9.31. The molecule has 186 valence electrons. The summed E-state index contributed by atoms with van der Waals surface area (Å²) in [4.78, 5) is 31.7. The van der Waals surface area contributed by atoms with Crippen molar-refractivity contribution in [1.29, 1.82) is 0 Å². The van der Waals surface area contributed by atoms with Gasteiger partial charge in [-0.2, -0.15) is 0 Å². The van der Waals surface area contributed by atoms with Crippen molar-refractivity contribution < 1.29 is 19.1 Å². The van der Waals surface area contributed by atoms with Crippen LogP contribution in [0.3, 0.4) is 0 Å². The predicted octanol–water partition coefficient (Wildman–Crippen LogP) is 6.76. The molecule has 1 heterocycles. The topological polar surface area (TPSA) is 77.0 Å². The van der Waals surface area contributed by atoms with Gasteiger partial charge in [0.05, 0.1) is 6.04 Å². The highest BCUT2D eigenvalue weighted by atomic mass is 79.9. The van der Waals surface area contributed by atoms with E-state index in [4.69, 9.17) is 14.5 Å². The molecule has 3 aromatic rings. The fraction of sp³-hybridized carbons (Fsp3) is 0.250. The summed E-state index contributed by atoms with van der Waals surface area (Å²) in [7, 11) is 0. The molecule has 0 fully saturated rings. The van der Waals surface area contributed by atoms with Crippen LogP contribution in [0.5, 0.6) is 0 Å². The largest absolute Gasteiger partial charge is 0.468 e. The summed E-state index contributed by atoms with van der Waals surface area (Å²) < 4.78 is 12.3.